The van der Waals surface area contributed by atoms with E-state index in [9.17, 15) is 23.7 Å². The van der Waals surface area contributed by atoms with Gasteiger partial charge >= 0.3 is 6.18 Å². The number of hydrogen-bond donors (Lipinski definition) is 0. The maximum absolute atomic E-state index is 15.0. The Morgan fingerprint density at radius 1 is 0.409 bits per heavy atom. The van der Waals surface area contributed by atoms with E-state index in [1.807, 2.05) is 66.7 Å². The molecule has 0 unspecified atom stereocenters. The number of hydrogen-bond acceptors (Lipinski definition) is 4. The SMILES string of the molecule is N#Cc1ccc(-n2c3ccccc3c3c4sc5ccccc5c4ccc32)c(-c2ccc(-c3ccc(C#N)cc3C(F)(F)F)cc2-n2c3ccccc3c3c4sc5ccccc5c4ccc32)c1. The van der Waals surface area contributed by atoms with Crippen LogP contribution in [-0.4, -0.2) is 9.13 Å². The van der Waals surface area contributed by atoms with Crippen molar-refractivity contribution in [3.8, 4) is 45.8 Å². The Labute approximate surface area is 382 Å². The molecule has 0 atom stereocenters. The quantitative estimate of drug-likeness (QED) is 0.177. The van der Waals surface area contributed by atoms with E-state index in [1.54, 1.807) is 28.7 Å². The van der Waals surface area contributed by atoms with E-state index in [0.717, 1.165) is 86.7 Å². The molecule has 66 heavy (non-hydrogen) atoms. The molecule has 0 radical (unpaired) electrons. The first-order chi connectivity index (χ1) is 32.3. The summed E-state index contributed by atoms with van der Waals surface area (Å²) in [6, 6.07) is 61.2. The third-order valence-electron chi connectivity index (χ3n) is 13.0. The monoisotopic (exact) mass is 890 g/mol. The summed E-state index contributed by atoms with van der Waals surface area (Å²) in [5.41, 5.74) is 6.45. The molecule has 0 bridgehead atoms. The van der Waals surface area contributed by atoms with Crippen molar-refractivity contribution in [3.63, 3.8) is 0 Å². The summed E-state index contributed by atoms with van der Waals surface area (Å²) in [6.07, 6.45) is -4.73. The minimum atomic E-state index is -4.73. The zero-order valence-corrected chi connectivity index (χ0v) is 36.1. The van der Waals surface area contributed by atoms with Crippen LogP contribution in [0.15, 0.2) is 176 Å². The predicted molar refractivity (Wildman–Crippen MR) is 266 cm³/mol. The molecule has 310 valence electrons. The number of rotatable bonds is 4. The lowest BCUT2D eigenvalue weighted by Gasteiger charge is -2.21. The van der Waals surface area contributed by atoms with Crippen LogP contribution in [-0.2, 0) is 6.18 Å². The Balaban J connectivity index is 1.16. The van der Waals surface area contributed by atoms with Crippen LogP contribution in [0.2, 0.25) is 0 Å². The Kier molecular flexibility index (Phi) is 8.20. The lowest BCUT2D eigenvalue weighted by molar-refractivity contribution is -0.137. The first-order valence-corrected chi connectivity index (χ1v) is 22.9. The van der Waals surface area contributed by atoms with Crippen LogP contribution >= 0.6 is 22.7 Å². The fraction of sp³-hybridized carbons (Fsp3) is 0.0175. The molecule has 0 aliphatic carbocycles. The molecule has 9 heteroatoms. The normalized spacial score (nSPS) is 12.1. The first kappa shape index (κ1) is 38.3. The molecule has 4 nitrogen and oxygen atoms in total. The van der Waals surface area contributed by atoms with Crippen LogP contribution in [0.1, 0.15) is 16.7 Å². The molecule has 0 amide bonds. The van der Waals surface area contributed by atoms with Crippen LogP contribution in [0.25, 0.3) is 118 Å². The summed E-state index contributed by atoms with van der Waals surface area (Å²) >= 11 is 3.50. The van der Waals surface area contributed by atoms with E-state index in [0.29, 0.717) is 16.8 Å². The summed E-state index contributed by atoms with van der Waals surface area (Å²) in [5, 5.41) is 29.1. The molecule has 0 N–H and O–H groups in total. The van der Waals surface area contributed by atoms with Crippen molar-refractivity contribution >= 4 is 107 Å². The van der Waals surface area contributed by atoms with E-state index in [-0.39, 0.29) is 11.1 Å². The highest BCUT2D eigenvalue weighted by molar-refractivity contribution is 7.27. The van der Waals surface area contributed by atoms with Crippen molar-refractivity contribution in [2.75, 3.05) is 0 Å². The summed E-state index contributed by atoms with van der Waals surface area (Å²) in [7, 11) is 0. The highest BCUT2D eigenvalue weighted by Crippen LogP contribution is 2.49. The van der Waals surface area contributed by atoms with Gasteiger partial charge in [0.2, 0.25) is 0 Å². The van der Waals surface area contributed by atoms with Gasteiger partial charge in [0.25, 0.3) is 0 Å². The Morgan fingerprint density at radius 2 is 0.909 bits per heavy atom. The Bertz CT molecular complexity index is 4320. The maximum Gasteiger partial charge on any atom is 0.417 e. The van der Waals surface area contributed by atoms with Gasteiger partial charge in [0.15, 0.2) is 0 Å². The van der Waals surface area contributed by atoms with Gasteiger partial charge in [0, 0.05) is 73.0 Å². The molecular formula is C57H29F3N4S2. The van der Waals surface area contributed by atoms with Crippen LogP contribution < -0.4 is 0 Å². The van der Waals surface area contributed by atoms with E-state index >= 15 is 0 Å². The zero-order chi connectivity index (χ0) is 44.4. The fourth-order valence-corrected chi connectivity index (χ4v) is 12.7. The molecule has 13 aromatic rings. The van der Waals surface area contributed by atoms with Gasteiger partial charge in [-0.25, -0.2) is 0 Å². The minimum Gasteiger partial charge on any atom is -0.309 e. The minimum absolute atomic E-state index is 0.0392. The van der Waals surface area contributed by atoms with Gasteiger partial charge in [-0.3, -0.25) is 0 Å². The van der Waals surface area contributed by atoms with Crippen molar-refractivity contribution in [1.29, 1.82) is 10.5 Å². The van der Waals surface area contributed by atoms with Gasteiger partial charge in [-0.15, -0.1) is 22.7 Å². The van der Waals surface area contributed by atoms with Crippen molar-refractivity contribution in [1.82, 2.24) is 9.13 Å². The van der Waals surface area contributed by atoms with Crippen LogP contribution in [0.5, 0.6) is 0 Å². The second kappa shape index (κ2) is 14.1. The van der Waals surface area contributed by atoms with E-state index in [2.05, 4.69) is 106 Å². The Morgan fingerprint density at radius 3 is 1.48 bits per heavy atom. The number of benzene rings is 9. The number of nitrogens with zero attached hydrogens (tertiary/aromatic N) is 4. The van der Waals surface area contributed by atoms with Crippen molar-refractivity contribution in [2.24, 2.45) is 0 Å². The van der Waals surface area contributed by atoms with Crippen LogP contribution in [0.3, 0.4) is 0 Å². The number of alkyl halides is 3. The highest BCUT2D eigenvalue weighted by atomic mass is 32.1. The third kappa shape index (κ3) is 5.48. The molecule has 0 fully saturated rings. The average molecular weight is 891 g/mol. The first-order valence-electron chi connectivity index (χ1n) is 21.3. The molecule has 9 aromatic carbocycles. The lowest BCUT2D eigenvalue weighted by Crippen LogP contribution is -2.08. The van der Waals surface area contributed by atoms with Gasteiger partial charge in [0.05, 0.1) is 62.3 Å². The third-order valence-corrected chi connectivity index (χ3v) is 15.4. The van der Waals surface area contributed by atoms with E-state index < -0.39 is 11.7 Å². The number of nitriles is 2. The van der Waals surface area contributed by atoms with Gasteiger partial charge in [-0.1, -0.05) is 103 Å². The van der Waals surface area contributed by atoms with E-state index in [4.69, 9.17) is 0 Å². The molecule has 4 aromatic heterocycles. The number of thiophene rings is 2. The fourth-order valence-electron chi connectivity index (χ4n) is 10.2. The topological polar surface area (TPSA) is 57.4 Å². The number of fused-ring (bicyclic) bond motifs is 14. The highest BCUT2D eigenvalue weighted by Gasteiger charge is 2.34. The summed E-state index contributed by atoms with van der Waals surface area (Å²) < 4.78 is 54.0. The predicted octanol–water partition coefficient (Wildman–Crippen LogP) is 16.7. The second-order valence-electron chi connectivity index (χ2n) is 16.5. The average Bonchev–Trinajstić information content (AvgIpc) is 4.11. The molecule has 0 aliphatic heterocycles. The zero-order valence-electron chi connectivity index (χ0n) is 34.5. The summed E-state index contributed by atoms with van der Waals surface area (Å²) in [5.74, 6) is 0. The molecular weight excluding hydrogens is 862 g/mol. The molecule has 0 spiro atoms. The van der Waals surface area contributed by atoms with E-state index in [1.165, 1.54) is 32.3 Å². The largest absolute Gasteiger partial charge is 0.417 e. The molecule has 0 saturated heterocycles. The van der Waals surface area contributed by atoms with Crippen molar-refractivity contribution in [3.05, 3.63) is 193 Å². The van der Waals surface area contributed by atoms with Gasteiger partial charge in [-0.05, 0) is 83.9 Å². The molecule has 0 aliphatic rings. The van der Waals surface area contributed by atoms with Gasteiger partial charge in [-0.2, -0.15) is 23.7 Å². The number of para-hydroxylation sites is 2. The van der Waals surface area contributed by atoms with Crippen molar-refractivity contribution in [2.45, 2.75) is 6.18 Å². The lowest BCUT2D eigenvalue weighted by atomic mass is 9.92. The summed E-state index contributed by atoms with van der Waals surface area (Å²) in [4.78, 5) is 0. The smallest absolute Gasteiger partial charge is 0.309 e. The second-order valence-corrected chi connectivity index (χ2v) is 18.6. The molecule has 4 heterocycles. The molecule has 13 rings (SSSR count). The van der Waals surface area contributed by atoms with Gasteiger partial charge < -0.3 is 9.13 Å². The standard InChI is InChI=1S/C57H29F3N4S2/c58-57(59,60)44-28-33(31-62)17-20-35(44)34-19-21-36(50(29-34)64-46-14-6-2-12-42(46)54-49(64)26-23-40-38-10-4-8-16-52(38)66-56(40)54)43-27-32(30-61)18-24-47(43)63-45-13-5-1-11-41(45)53-48(63)25-22-39-37-9-3-7-15-51(37)65-55(39)53/h1-29H. The van der Waals surface area contributed by atoms with Crippen molar-refractivity contribution < 1.29 is 13.2 Å². The maximum atomic E-state index is 15.0. The van der Waals surface area contributed by atoms with Crippen LogP contribution in [0.4, 0.5) is 13.2 Å². The summed E-state index contributed by atoms with van der Waals surface area (Å²) in [6.45, 7) is 0. The van der Waals surface area contributed by atoms with Gasteiger partial charge in [0.1, 0.15) is 0 Å². The number of halogens is 3. The number of aromatic nitrogens is 2. The molecule has 0 saturated carbocycles. The van der Waals surface area contributed by atoms with Crippen LogP contribution in [0, 0.1) is 22.7 Å². The Hall–Kier alpha value is -8.21.